The first-order chi connectivity index (χ1) is 23.3. The molecule has 3 aromatic heterocycles. The van der Waals surface area contributed by atoms with Gasteiger partial charge < -0.3 is 20.0 Å². The van der Waals surface area contributed by atoms with Crippen molar-refractivity contribution in [2.75, 3.05) is 49.9 Å². The molecule has 1 aliphatic carbocycles. The summed E-state index contributed by atoms with van der Waals surface area (Å²) in [5.74, 6) is 3.59. The fourth-order valence-corrected chi connectivity index (χ4v) is 6.71. The van der Waals surface area contributed by atoms with Gasteiger partial charge in [0.2, 0.25) is 5.95 Å². The highest BCUT2D eigenvalue weighted by Crippen LogP contribution is 2.37. The Morgan fingerprint density at radius 2 is 1.67 bits per heavy atom. The highest BCUT2D eigenvalue weighted by molar-refractivity contribution is 5.81. The maximum Gasteiger partial charge on any atom is 0.231 e. The van der Waals surface area contributed by atoms with Gasteiger partial charge in [0, 0.05) is 43.1 Å². The lowest BCUT2D eigenvalue weighted by Gasteiger charge is -2.35. The SMILES string of the molecule is C=C(C1CCC(CCCN(C)C)CC1)N(Cc1ccc(-c2ccc(N(C)C)nc2)cc1)c1nccc(NCc2n[nH]c3ccccc23)n1. The summed E-state index contributed by atoms with van der Waals surface area (Å²) >= 11 is 0. The molecule has 9 heteroatoms. The first-order valence-electron chi connectivity index (χ1n) is 17.2. The van der Waals surface area contributed by atoms with E-state index in [4.69, 9.17) is 16.5 Å². The van der Waals surface area contributed by atoms with Crippen LogP contribution in [0.25, 0.3) is 22.0 Å². The number of allylic oxidation sites excluding steroid dienone is 1. The van der Waals surface area contributed by atoms with Crippen LogP contribution in [0.15, 0.2) is 91.4 Å². The quantitative estimate of drug-likeness (QED) is 0.127. The van der Waals surface area contributed by atoms with Crippen LogP contribution in [0.2, 0.25) is 0 Å². The van der Waals surface area contributed by atoms with Crippen molar-refractivity contribution in [1.29, 1.82) is 0 Å². The number of para-hydroxylation sites is 1. The molecule has 1 fully saturated rings. The highest BCUT2D eigenvalue weighted by atomic mass is 15.3. The van der Waals surface area contributed by atoms with Crippen molar-refractivity contribution in [2.24, 2.45) is 11.8 Å². The van der Waals surface area contributed by atoms with Gasteiger partial charge in [-0.15, -0.1) is 0 Å². The zero-order valence-corrected chi connectivity index (χ0v) is 28.9. The molecule has 1 aliphatic rings. The van der Waals surface area contributed by atoms with Gasteiger partial charge in [-0.05, 0) is 106 Å². The minimum Gasteiger partial charge on any atom is -0.364 e. The maximum atomic E-state index is 5.01. The lowest BCUT2D eigenvalue weighted by Crippen LogP contribution is -2.30. The summed E-state index contributed by atoms with van der Waals surface area (Å²) in [6, 6.07) is 23.0. The topological polar surface area (TPSA) is 89.1 Å². The van der Waals surface area contributed by atoms with Crippen molar-refractivity contribution >= 4 is 28.5 Å². The minimum atomic E-state index is 0.409. The third-order valence-corrected chi connectivity index (χ3v) is 9.59. The van der Waals surface area contributed by atoms with Crippen molar-refractivity contribution in [1.82, 2.24) is 30.0 Å². The fraction of sp³-hybridized carbons (Fsp3) is 0.385. The van der Waals surface area contributed by atoms with Gasteiger partial charge in [-0.1, -0.05) is 49.0 Å². The largest absolute Gasteiger partial charge is 0.364 e. The first kappa shape index (κ1) is 33.2. The molecule has 0 saturated heterocycles. The number of aromatic nitrogens is 5. The summed E-state index contributed by atoms with van der Waals surface area (Å²) < 4.78 is 0. The van der Waals surface area contributed by atoms with E-state index in [-0.39, 0.29) is 0 Å². The predicted octanol–water partition coefficient (Wildman–Crippen LogP) is 7.76. The zero-order chi connectivity index (χ0) is 33.5. The van der Waals surface area contributed by atoms with Crippen LogP contribution in [0, 0.1) is 11.8 Å². The molecule has 1 saturated carbocycles. The van der Waals surface area contributed by atoms with Crippen molar-refractivity contribution in [3.05, 3.63) is 103 Å². The van der Waals surface area contributed by atoms with Crippen molar-refractivity contribution in [3.8, 4) is 11.1 Å². The molecular weight excluding hydrogens is 594 g/mol. The molecule has 0 amide bonds. The van der Waals surface area contributed by atoms with Crippen LogP contribution < -0.4 is 15.1 Å². The predicted molar refractivity (Wildman–Crippen MR) is 198 cm³/mol. The van der Waals surface area contributed by atoms with E-state index < -0.39 is 0 Å². The normalized spacial score (nSPS) is 16.3. The molecule has 6 rings (SSSR count). The maximum absolute atomic E-state index is 5.01. The van der Waals surface area contributed by atoms with Crippen LogP contribution in [0.1, 0.15) is 49.8 Å². The Bertz CT molecular complexity index is 1770. The number of hydrogen-bond donors (Lipinski definition) is 2. The Morgan fingerprint density at radius 3 is 2.40 bits per heavy atom. The summed E-state index contributed by atoms with van der Waals surface area (Å²) in [6.07, 6.45) is 11.2. The second kappa shape index (κ2) is 15.4. The molecule has 3 heterocycles. The van der Waals surface area contributed by atoms with Crippen LogP contribution in [-0.4, -0.2) is 64.8 Å². The van der Waals surface area contributed by atoms with E-state index >= 15 is 0 Å². The summed E-state index contributed by atoms with van der Waals surface area (Å²) in [5.41, 5.74) is 6.51. The van der Waals surface area contributed by atoms with Crippen LogP contribution >= 0.6 is 0 Å². The Hall–Kier alpha value is -4.76. The van der Waals surface area contributed by atoms with Gasteiger partial charge >= 0.3 is 0 Å². The van der Waals surface area contributed by atoms with Gasteiger partial charge in [-0.3, -0.25) is 5.10 Å². The number of hydrogen-bond acceptors (Lipinski definition) is 8. The number of aromatic amines is 1. The zero-order valence-electron chi connectivity index (χ0n) is 28.9. The number of nitrogens with zero attached hydrogens (tertiary/aromatic N) is 7. The van der Waals surface area contributed by atoms with E-state index in [9.17, 15) is 0 Å². The van der Waals surface area contributed by atoms with Gasteiger partial charge in [-0.2, -0.15) is 10.1 Å². The molecule has 0 aliphatic heterocycles. The second-order valence-corrected chi connectivity index (χ2v) is 13.5. The Kier molecular flexibility index (Phi) is 10.7. The molecule has 9 nitrogen and oxygen atoms in total. The van der Waals surface area contributed by atoms with E-state index in [1.807, 2.05) is 55.7 Å². The lowest BCUT2D eigenvalue weighted by molar-refractivity contribution is 0.269. The van der Waals surface area contributed by atoms with E-state index in [0.717, 1.165) is 70.4 Å². The van der Waals surface area contributed by atoms with E-state index in [1.165, 1.54) is 31.2 Å². The van der Waals surface area contributed by atoms with E-state index in [0.29, 0.717) is 25.0 Å². The van der Waals surface area contributed by atoms with Crippen LogP contribution in [0.3, 0.4) is 0 Å². The molecule has 0 unspecified atom stereocenters. The molecule has 0 bridgehead atoms. The van der Waals surface area contributed by atoms with E-state index in [1.54, 1.807) is 0 Å². The van der Waals surface area contributed by atoms with Gasteiger partial charge in [0.1, 0.15) is 11.6 Å². The summed E-state index contributed by atoms with van der Waals surface area (Å²) in [6.45, 7) is 7.06. The molecular formula is C39H49N9. The monoisotopic (exact) mass is 643 g/mol. The third kappa shape index (κ3) is 8.20. The Balaban J connectivity index is 1.19. The first-order valence-corrected chi connectivity index (χ1v) is 17.2. The van der Waals surface area contributed by atoms with E-state index in [2.05, 4.69) is 86.9 Å². The van der Waals surface area contributed by atoms with Crippen molar-refractivity contribution < 1.29 is 0 Å². The third-order valence-electron chi connectivity index (χ3n) is 9.59. The average Bonchev–Trinajstić information content (AvgIpc) is 3.53. The number of H-pyrrole nitrogens is 1. The van der Waals surface area contributed by atoms with Crippen LogP contribution in [0.5, 0.6) is 0 Å². The summed E-state index contributed by atoms with van der Waals surface area (Å²) in [4.78, 5) is 20.9. The van der Waals surface area contributed by atoms with Gasteiger partial charge in [-0.25, -0.2) is 9.97 Å². The lowest BCUT2D eigenvalue weighted by atomic mass is 9.78. The van der Waals surface area contributed by atoms with Crippen LogP contribution in [-0.2, 0) is 13.1 Å². The van der Waals surface area contributed by atoms with Gasteiger partial charge in [0.25, 0.3) is 0 Å². The van der Waals surface area contributed by atoms with Gasteiger partial charge in [0.15, 0.2) is 0 Å². The molecule has 0 radical (unpaired) electrons. The average molecular weight is 644 g/mol. The molecule has 0 atom stereocenters. The fourth-order valence-electron chi connectivity index (χ4n) is 6.71. The van der Waals surface area contributed by atoms with Crippen molar-refractivity contribution in [2.45, 2.75) is 51.6 Å². The number of nitrogens with one attached hydrogen (secondary N) is 2. The number of anilines is 3. The second-order valence-electron chi connectivity index (χ2n) is 13.5. The Morgan fingerprint density at radius 1 is 0.896 bits per heavy atom. The Labute approximate surface area is 285 Å². The summed E-state index contributed by atoms with van der Waals surface area (Å²) in [7, 11) is 8.33. The molecule has 0 spiro atoms. The molecule has 250 valence electrons. The molecule has 5 aromatic rings. The number of pyridine rings is 1. The van der Waals surface area contributed by atoms with Crippen molar-refractivity contribution in [3.63, 3.8) is 0 Å². The highest BCUT2D eigenvalue weighted by Gasteiger charge is 2.27. The number of fused-ring (bicyclic) bond motifs is 1. The number of benzene rings is 2. The number of rotatable bonds is 14. The summed E-state index contributed by atoms with van der Waals surface area (Å²) in [5, 5.41) is 12.2. The molecule has 2 N–H and O–H groups in total. The smallest absolute Gasteiger partial charge is 0.231 e. The molecule has 48 heavy (non-hydrogen) atoms. The van der Waals surface area contributed by atoms with Crippen LogP contribution in [0.4, 0.5) is 17.6 Å². The standard InChI is InChI=1S/C39H49N9/c1-28(31-16-12-29(13-17-31)9-8-24-46(2)3)48(27-30-14-18-32(19-15-30)33-20-21-38(42-25-33)47(4)5)39-40-23-22-37(43-39)41-26-36-34-10-6-7-11-35(34)44-45-36/h6-7,10-11,14-15,18-23,25,29,31H,1,8-9,12-13,16-17,24,26-27H2,2-5H3,(H,44,45)(H,40,41,43). The van der Waals surface area contributed by atoms with Gasteiger partial charge in [0.05, 0.1) is 24.3 Å². The minimum absolute atomic E-state index is 0.409. The molecule has 2 aromatic carbocycles.